The molecule has 4 nitrogen and oxygen atoms in total. The molecule has 1 rings (SSSR count). The van der Waals surface area contributed by atoms with Crippen LogP contribution < -0.4 is 5.73 Å². The largest absolute Gasteiger partial charge is 0.395 e. The highest BCUT2D eigenvalue weighted by molar-refractivity contribution is 7.14. The predicted octanol–water partition coefficient (Wildman–Crippen LogP) is 0.901. The van der Waals surface area contributed by atoms with Crippen LogP contribution in [0.25, 0.3) is 0 Å². The summed E-state index contributed by atoms with van der Waals surface area (Å²) in [6.45, 7) is 4.48. The van der Waals surface area contributed by atoms with E-state index in [9.17, 15) is 4.79 Å². The molecule has 0 saturated carbocycles. The Hall–Kier alpha value is -1.35. The fourth-order valence-corrected chi connectivity index (χ4v) is 2.34. The van der Waals surface area contributed by atoms with Gasteiger partial charge in [0.25, 0.3) is 5.91 Å². The van der Waals surface area contributed by atoms with E-state index in [4.69, 9.17) is 10.8 Å². The molecule has 0 spiro atoms. The molecular formula is C13H18N2O2S. The van der Waals surface area contributed by atoms with Crippen LogP contribution in [-0.2, 0) is 0 Å². The summed E-state index contributed by atoms with van der Waals surface area (Å²) in [5, 5.41) is 8.98. The predicted molar refractivity (Wildman–Crippen MR) is 73.5 cm³/mol. The molecule has 3 N–H and O–H groups in total. The Morgan fingerprint density at radius 2 is 2.28 bits per heavy atom. The van der Waals surface area contributed by atoms with E-state index < -0.39 is 0 Å². The van der Waals surface area contributed by atoms with Crippen molar-refractivity contribution in [2.75, 3.05) is 19.7 Å². The van der Waals surface area contributed by atoms with Crippen molar-refractivity contribution >= 4 is 17.2 Å². The Morgan fingerprint density at radius 1 is 1.56 bits per heavy atom. The van der Waals surface area contributed by atoms with E-state index in [0.717, 1.165) is 4.88 Å². The maximum absolute atomic E-state index is 12.2. The maximum Gasteiger partial charge on any atom is 0.264 e. The number of hydrogen-bond acceptors (Lipinski definition) is 4. The molecule has 0 aliphatic carbocycles. The molecule has 98 valence electrons. The number of thiophene rings is 1. The second-order valence-corrected chi connectivity index (χ2v) is 5.07. The lowest BCUT2D eigenvalue weighted by Crippen LogP contribution is -2.38. The summed E-state index contributed by atoms with van der Waals surface area (Å²) in [7, 11) is 0. The molecule has 0 aliphatic heterocycles. The van der Waals surface area contributed by atoms with Gasteiger partial charge in [-0.3, -0.25) is 4.79 Å². The summed E-state index contributed by atoms with van der Waals surface area (Å²) in [6, 6.07) is 3.64. The first-order valence-corrected chi connectivity index (χ1v) is 6.62. The highest BCUT2D eigenvalue weighted by Crippen LogP contribution is 2.18. The minimum absolute atomic E-state index is 0.0326. The number of nitrogens with two attached hydrogens (primary N) is 1. The van der Waals surface area contributed by atoms with Crippen LogP contribution in [0.1, 0.15) is 28.4 Å². The Balaban J connectivity index is 2.85. The Morgan fingerprint density at radius 3 is 2.83 bits per heavy atom. The van der Waals surface area contributed by atoms with Crippen molar-refractivity contribution < 1.29 is 9.90 Å². The lowest BCUT2D eigenvalue weighted by atomic mass is 10.3. The number of amides is 1. The number of carbonyl (C=O) groups is 1. The van der Waals surface area contributed by atoms with Gasteiger partial charge in [-0.25, -0.2) is 0 Å². The SMILES string of the molecule is CC(C)N(CCO)C(=O)c1ccc(C#CCN)s1. The zero-order valence-electron chi connectivity index (χ0n) is 10.6. The molecule has 0 bridgehead atoms. The summed E-state index contributed by atoms with van der Waals surface area (Å²) in [5.74, 6) is 5.60. The Bertz CT molecular complexity index is 457. The number of aliphatic hydroxyl groups is 1. The third-order valence-corrected chi connectivity index (χ3v) is 3.34. The minimum atomic E-state index is -0.0650. The molecule has 0 aliphatic rings. The second kappa shape index (κ2) is 7.17. The molecule has 0 aromatic carbocycles. The van der Waals surface area contributed by atoms with Gasteiger partial charge in [-0.1, -0.05) is 11.8 Å². The van der Waals surface area contributed by atoms with Crippen LogP contribution >= 0.6 is 11.3 Å². The van der Waals surface area contributed by atoms with Crippen molar-refractivity contribution in [3.63, 3.8) is 0 Å². The fraction of sp³-hybridized carbons (Fsp3) is 0.462. The highest BCUT2D eigenvalue weighted by atomic mass is 32.1. The minimum Gasteiger partial charge on any atom is -0.395 e. The zero-order chi connectivity index (χ0) is 13.5. The van der Waals surface area contributed by atoms with Gasteiger partial charge >= 0.3 is 0 Å². The van der Waals surface area contributed by atoms with Crippen molar-refractivity contribution in [1.82, 2.24) is 4.90 Å². The molecule has 0 saturated heterocycles. The zero-order valence-corrected chi connectivity index (χ0v) is 11.5. The fourth-order valence-electron chi connectivity index (χ4n) is 1.50. The van der Waals surface area contributed by atoms with Crippen molar-refractivity contribution in [3.8, 4) is 11.8 Å². The molecule has 1 heterocycles. The molecular weight excluding hydrogens is 248 g/mol. The van der Waals surface area contributed by atoms with Gasteiger partial charge in [0.1, 0.15) is 0 Å². The van der Waals surface area contributed by atoms with Gasteiger partial charge < -0.3 is 15.7 Å². The number of rotatable bonds is 4. The van der Waals surface area contributed by atoms with Gasteiger partial charge in [0.2, 0.25) is 0 Å². The smallest absolute Gasteiger partial charge is 0.264 e. The van der Waals surface area contributed by atoms with Crippen molar-refractivity contribution in [2.45, 2.75) is 19.9 Å². The number of hydrogen-bond donors (Lipinski definition) is 2. The topological polar surface area (TPSA) is 66.6 Å². The van der Waals surface area contributed by atoms with Crippen molar-refractivity contribution in [1.29, 1.82) is 0 Å². The summed E-state index contributed by atoms with van der Waals surface area (Å²) in [4.78, 5) is 15.3. The van der Waals surface area contributed by atoms with Crippen molar-refractivity contribution in [2.24, 2.45) is 5.73 Å². The lowest BCUT2D eigenvalue weighted by molar-refractivity contribution is 0.0670. The summed E-state index contributed by atoms with van der Waals surface area (Å²) < 4.78 is 0. The van der Waals surface area contributed by atoms with E-state index in [0.29, 0.717) is 18.0 Å². The molecule has 1 aromatic rings. The highest BCUT2D eigenvalue weighted by Gasteiger charge is 2.19. The van der Waals surface area contributed by atoms with Gasteiger partial charge in [-0.05, 0) is 26.0 Å². The average molecular weight is 266 g/mol. The number of aliphatic hydroxyl groups excluding tert-OH is 1. The molecule has 1 amide bonds. The molecule has 0 unspecified atom stereocenters. The first-order chi connectivity index (χ1) is 8.60. The van der Waals surface area contributed by atoms with Crippen molar-refractivity contribution in [3.05, 3.63) is 21.9 Å². The number of nitrogens with zero attached hydrogens (tertiary/aromatic N) is 1. The van der Waals surface area contributed by atoms with E-state index in [1.165, 1.54) is 11.3 Å². The quantitative estimate of drug-likeness (QED) is 0.796. The van der Waals surface area contributed by atoms with Gasteiger partial charge in [-0.2, -0.15) is 0 Å². The monoisotopic (exact) mass is 266 g/mol. The Labute approximate surface area is 111 Å². The normalized spacial score (nSPS) is 10.1. The molecule has 18 heavy (non-hydrogen) atoms. The van der Waals surface area contributed by atoms with Crippen LogP contribution in [0.15, 0.2) is 12.1 Å². The van der Waals surface area contributed by atoms with Crippen LogP contribution in [0.4, 0.5) is 0 Å². The number of carbonyl (C=O) groups excluding carboxylic acids is 1. The summed E-state index contributed by atoms with van der Waals surface area (Å²) in [5.41, 5.74) is 5.30. The van der Waals surface area contributed by atoms with Crippen LogP contribution in [0, 0.1) is 11.8 Å². The lowest BCUT2D eigenvalue weighted by Gasteiger charge is -2.25. The standard InChI is InChI=1S/C13H18N2O2S/c1-10(2)15(8-9-16)13(17)12-6-5-11(18-12)4-3-7-14/h5-6,10,16H,7-9,14H2,1-2H3. The van der Waals surface area contributed by atoms with E-state index in [2.05, 4.69) is 11.8 Å². The summed E-state index contributed by atoms with van der Waals surface area (Å²) in [6.07, 6.45) is 0. The van der Waals surface area contributed by atoms with Gasteiger partial charge in [0, 0.05) is 12.6 Å². The van der Waals surface area contributed by atoms with E-state index in [1.54, 1.807) is 11.0 Å². The van der Waals surface area contributed by atoms with Crippen LogP contribution in [0.5, 0.6) is 0 Å². The molecule has 0 radical (unpaired) electrons. The first kappa shape index (κ1) is 14.7. The van der Waals surface area contributed by atoms with Crippen LogP contribution in [0.3, 0.4) is 0 Å². The molecule has 1 aromatic heterocycles. The third-order valence-electron chi connectivity index (χ3n) is 2.36. The molecule has 0 fully saturated rings. The van der Waals surface area contributed by atoms with E-state index in [1.807, 2.05) is 19.9 Å². The van der Waals surface area contributed by atoms with Crippen LogP contribution in [-0.4, -0.2) is 41.7 Å². The summed E-state index contributed by atoms with van der Waals surface area (Å²) >= 11 is 1.35. The average Bonchev–Trinajstić information content (AvgIpc) is 2.81. The van der Waals surface area contributed by atoms with Gasteiger partial charge in [0.15, 0.2) is 0 Å². The molecule has 0 atom stereocenters. The maximum atomic E-state index is 12.2. The van der Waals surface area contributed by atoms with Crippen LogP contribution in [0.2, 0.25) is 0 Å². The van der Waals surface area contributed by atoms with Gasteiger partial charge in [0.05, 0.1) is 22.9 Å². The first-order valence-electron chi connectivity index (χ1n) is 5.80. The van der Waals surface area contributed by atoms with E-state index in [-0.39, 0.29) is 18.6 Å². The molecule has 5 heteroatoms. The Kier molecular flexibility index (Phi) is 5.86. The van der Waals surface area contributed by atoms with Gasteiger partial charge in [-0.15, -0.1) is 11.3 Å². The second-order valence-electron chi connectivity index (χ2n) is 3.99. The van der Waals surface area contributed by atoms with E-state index >= 15 is 0 Å². The third kappa shape index (κ3) is 3.84.